The van der Waals surface area contributed by atoms with Crippen LogP contribution < -0.4 is 15.5 Å². The van der Waals surface area contributed by atoms with Crippen molar-refractivity contribution in [1.29, 1.82) is 0 Å². The number of aliphatic imine (C=N–C) groups is 1. The van der Waals surface area contributed by atoms with Gasteiger partial charge in [-0.25, -0.2) is 9.97 Å². The third-order valence-corrected chi connectivity index (χ3v) is 4.68. The molecule has 1 amide bonds. The highest BCUT2D eigenvalue weighted by Crippen LogP contribution is 2.29. The summed E-state index contributed by atoms with van der Waals surface area (Å²) in [6.07, 6.45) is 7.03. The van der Waals surface area contributed by atoms with Gasteiger partial charge in [0.1, 0.15) is 5.82 Å². The predicted octanol–water partition coefficient (Wildman–Crippen LogP) is 1.74. The smallest absolute Gasteiger partial charge is 0.263 e. The van der Waals surface area contributed by atoms with E-state index in [1.807, 2.05) is 12.1 Å². The first kappa shape index (κ1) is 17.0. The molecule has 4 rings (SSSR count). The van der Waals surface area contributed by atoms with Crippen molar-refractivity contribution in [2.45, 2.75) is 12.8 Å². The molecule has 27 heavy (non-hydrogen) atoms. The third kappa shape index (κ3) is 3.33. The number of aromatic nitrogens is 2. The molecule has 0 bridgehead atoms. The number of aromatic hydroxyl groups is 1. The van der Waals surface area contributed by atoms with E-state index < -0.39 is 0 Å². The lowest BCUT2D eigenvalue weighted by atomic mass is 10.2. The zero-order chi connectivity index (χ0) is 18.8. The summed E-state index contributed by atoms with van der Waals surface area (Å²) >= 11 is 0. The number of hydrogen-bond donors (Lipinski definition) is 2. The van der Waals surface area contributed by atoms with Crippen molar-refractivity contribution >= 4 is 29.4 Å². The lowest BCUT2D eigenvalue weighted by Crippen LogP contribution is -2.28. The molecule has 2 aliphatic rings. The van der Waals surface area contributed by atoms with Crippen molar-refractivity contribution in [3.63, 3.8) is 0 Å². The van der Waals surface area contributed by atoms with Gasteiger partial charge in [-0.3, -0.25) is 14.7 Å². The Kier molecular flexibility index (Phi) is 4.45. The molecule has 138 valence electrons. The molecule has 0 atom stereocenters. The van der Waals surface area contributed by atoms with E-state index in [2.05, 4.69) is 19.9 Å². The van der Waals surface area contributed by atoms with E-state index in [1.165, 1.54) is 36.2 Å². The van der Waals surface area contributed by atoms with Gasteiger partial charge in [0.2, 0.25) is 0 Å². The van der Waals surface area contributed by atoms with Crippen LogP contribution in [0.1, 0.15) is 12.8 Å². The molecule has 0 radical (unpaired) electrons. The molecule has 1 fully saturated rings. The Balaban J connectivity index is 1.49. The standard InChI is InChI=1S/C19H20N6O2/c20-15-12-25(18-16(26)4-3-7-21-18)19(27)14(15)11-22-13-5-6-17(23-10-13)24-8-1-2-9-24/h3-7,10-11,26H,1-2,8-9,12,20H2. The first-order valence-corrected chi connectivity index (χ1v) is 8.83. The van der Waals surface area contributed by atoms with Crippen LogP contribution in [0.25, 0.3) is 0 Å². The molecule has 8 nitrogen and oxygen atoms in total. The maximum absolute atomic E-state index is 12.6. The molecule has 0 aliphatic carbocycles. The first-order valence-electron chi connectivity index (χ1n) is 8.83. The van der Waals surface area contributed by atoms with Crippen molar-refractivity contribution in [3.8, 4) is 5.75 Å². The molecule has 8 heteroatoms. The average Bonchev–Trinajstić information content (AvgIpc) is 3.30. The van der Waals surface area contributed by atoms with Gasteiger partial charge in [-0.15, -0.1) is 0 Å². The monoisotopic (exact) mass is 364 g/mol. The molecular weight excluding hydrogens is 344 g/mol. The van der Waals surface area contributed by atoms with E-state index in [0.29, 0.717) is 17.0 Å². The number of carbonyl (C=O) groups excluding carboxylic acids is 1. The van der Waals surface area contributed by atoms with Crippen LogP contribution in [0.2, 0.25) is 0 Å². The molecule has 2 aliphatic heterocycles. The van der Waals surface area contributed by atoms with Gasteiger partial charge in [0.05, 0.1) is 24.0 Å². The topological polar surface area (TPSA) is 108 Å². The Morgan fingerprint density at radius 1 is 1.19 bits per heavy atom. The van der Waals surface area contributed by atoms with Crippen LogP contribution in [0.3, 0.4) is 0 Å². The van der Waals surface area contributed by atoms with E-state index in [4.69, 9.17) is 5.73 Å². The van der Waals surface area contributed by atoms with Crippen LogP contribution in [0, 0.1) is 0 Å². The first-order chi connectivity index (χ1) is 13.1. The number of amides is 1. The van der Waals surface area contributed by atoms with Crippen molar-refractivity contribution in [2.75, 3.05) is 29.4 Å². The summed E-state index contributed by atoms with van der Waals surface area (Å²) in [4.78, 5) is 29.1. The Hall–Kier alpha value is -3.42. The largest absolute Gasteiger partial charge is 0.504 e. The van der Waals surface area contributed by atoms with E-state index >= 15 is 0 Å². The number of pyridine rings is 2. The van der Waals surface area contributed by atoms with Crippen molar-refractivity contribution in [2.24, 2.45) is 10.7 Å². The number of anilines is 2. The predicted molar refractivity (Wildman–Crippen MR) is 103 cm³/mol. The Labute approximate surface area is 156 Å². The molecule has 2 aromatic rings. The molecule has 1 saturated heterocycles. The summed E-state index contributed by atoms with van der Waals surface area (Å²) in [7, 11) is 0. The molecule has 3 N–H and O–H groups in total. The molecule has 0 aromatic carbocycles. The number of hydrogen-bond acceptors (Lipinski definition) is 7. The Bertz CT molecular complexity index is 916. The van der Waals surface area contributed by atoms with E-state index in [0.717, 1.165) is 18.9 Å². The maximum Gasteiger partial charge on any atom is 0.263 e. The van der Waals surface area contributed by atoms with Crippen molar-refractivity contribution < 1.29 is 9.90 Å². The van der Waals surface area contributed by atoms with Crippen molar-refractivity contribution in [3.05, 3.63) is 47.9 Å². The second-order valence-electron chi connectivity index (χ2n) is 6.50. The Morgan fingerprint density at radius 2 is 2.00 bits per heavy atom. The molecule has 0 saturated carbocycles. The van der Waals surface area contributed by atoms with Crippen LogP contribution >= 0.6 is 0 Å². The molecule has 0 unspecified atom stereocenters. The maximum atomic E-state index is 12.6. The van der Waals surface area contributed by atoms with Gasteiger partial charge in [-0.2, -0.15) is 0 Å². The van der Waals surface area contributed by atoms with Crippen LogP contribution in [-0.2, 0) is 4.79 Å². The quantitative estimate of drug-likeness (QED) is 0.800. The highest BCUT2D eigenvalue weighted by atomic mass is 16.3. The van der Waals surface area contributed by atoms with Gasteiger partial charge in [0.25, 0.3) is 5.91 Å². The minimum Gasteiger partial charge on any atom is -0.504 e. The highest BCUT2D eigenvalue weighted by Gasteiger charge is 2.31. The fourth-order valence-corrected chi connectivity index (χ4v) is 3.24. The summed E-state index contributed by atoms with van der Waals surface area (Å²) < 4.78 is 0. The van der Waals surface area contributed by atoms with E-state index in [-0.39, 0.29) is 24.0 Å². The average molecular weight is 364 g/mol. The number of carbonyl (C=O) groups is 1. The summed E-state index contributed by atoms with van der Waals surface area (Å²) in [5, 5.41) is 9.92. The molecular formula is C19H20N6O2. The minimum atomic E-state index is -0.341. The van der Waals surface area contributed by atoms with Gasteiger partial charge < -0.3 is 15.7 Å². The molecule has 2 aromatic heterocycles. The van der Waals surface area contributed by atoms with Gasteiger partial charge in [-0.1, -0.05) is 0 Å². The molecule has 4 heterocycles. The van der Waals surface area contributed by atoms with Crippen molar-refractivity contribution in [1.82, 2.24) is 9.97 Å². The third-order valence-electron chi connectivity index (χ3n) is 4.68. The van der Waals surface area contributed by atoms with E-state index in [9.17, 15) is 9.90 Å². The van der Waals surface area contributed by atoms with Gasteiger partial charge in [0, 0.05) is 31.2 Å². The van der Waals surface area contributed by atoms with Crippen LogP contribution in [0.4, 0.5) is 17.3 Å². The second kappa shape index (κ2) is 7.06. The number of rotatable bonds is 4. The van der Waals surface area contributed by atoms with Gasteiger partial charge in [-0.05, 0) is 37.1 Å². The van der Waals surface area contributed by atoms with E-state index in [1.54, 1.807) is 12.3 Å². The number of nitrogens with zero attached hydrogens (tertiary/aromatic N) is 5. The summed E-state index contributed by atoms with van der Waals surface area (Å²) in [6, 6.07) is 6.88. The van der Waals surface area contributed by atoms with Crippen LogP contribution in [-0.4, -0.2) is 46.8 Å². The lowest BCUT2D eigenvalue weighted by molar-refractivity contribution is -0.114. The second-order valence-corrected chi connectivity index (χ2v) is 6.50. The van der Waals surface area contributed by atoms with Crippen LogP contribution in [0.15, 0.2) is 52.9 Å². The SMILES string of the molecule is NC1=C(C=Nc2ccc(N3CCCC3)nc2)C(=O)N(c2ncccc2O)C1. The van der Waals surface area contributed by atoms with Gasteiger partial charge in [0.15, 0.2) is 11.6 Å². The molecule has 0 spiro atoms. The summed E-state index contributed by atoms with van der Waals surface area (Å²) in [5.74, 6) is 0.717. The van der Waals surface area contributed by atoms with Crippen LogP contribution in [0.5, 0.6) is 5.75 Å². The summed E-state index contributed by atoms with van der Waals surface area (Å²) in [5.41, 5.74) is 7.34. The lowest BCUT2D eigenvalue weighted by Gasteiger charge is -2.16. The fraction of sp³-hybridized carbons (Fsp3) is 0.263. The minimum absolute atomic E-state index is 0.0708. The van der Waals surface area contributed by atoms with Gasteiger partial charge >= 0.3 is 0 Å². The Morgan fingerprint density at radius 3 is 2.70 bits per heavy atom. The summed E-state index contributed by atoms with van der Waals surface area (Å²) in [6.45, 7) is 2.23. The number of nitrogens with two attached hydrogens (primary N) is 1. The normalized spacial score (nSPS) is 17.6. The zero-order valence-corrected chi connectivity index (χ0v) is 14.7. The highest BCUT2D eigenvalue weighted by molar-refractivity contribution is 6.22. The fourth-order valence-electron chi connectivity index (χ4n) is 3.24. The zero-order valence-electron chi connectivity index (χ0n) is 14.7.